The molecule has 25 heavy (non-hydrogen) atoms. The molecule has 0 aliphatic carbocycles. The van der Waals surface area contributed by atoms with Gasteiger partial charge in [0, 0.05) is 12.1 Å². The summed E-state index contributed by atoms with van der Waals surface area (Å²) in [5.41, 5.74) is 10.7. The zero-order valence-electron chi connectivity index (χ0n) is 14.2. The van der Waals surface area contributed by atoms with E-state index in [2.05, 4.69) is 58.8 Å². The molecule has 0 unspecified atom stereocenters. The van der Waals surface area contributed by atoms with Gasteiger partial charge in [0.2, 0.25) is 5.95 Å². The third-order valence-corrected chi connectivity index (χ3v) is 4.74. The van der Waals surface area contributed by atoms with Crippen LogP contribution in [-0.2, 0) is 6.42 Å². The van der Waals surface area contributed by atoms with Crippen LogP contribution >= 0.6 is 0 Å². The number of hydrogen-bond donors (Lipinski definition) is 2. The molecule has 1 aliphatic heterocycles. The predicted octanol–water partition coefficient (Wildman–Crippen LogP) is 3.99. The number of aromatic nitrogens is 2. The first-order valence-electron chi connectivity index (χ1n) is 8.83. The maximum Gasteiger partial charge on any atom is 0.222 e. The molecule has 1 aliphatic rings. The van der Waals surface area contributed by atoms with Crippen molar-refractivity contribution in [3.8, 4) is 0 Å². The van der Waals surface area contributed by atoms with E-state index in [9.17, 15) is 0 Å². The molecular formula is C21H22N4. The van der Waals surface area contributed by atoms with Crippen molar-refractivity contribution in [2.75, 3.05) is 17.6 Å². The molecule has 4 rings (SSSR count). The molecule has 3 N–H and O–H groups in total. The number of nitrogen functional groups attached to an aromatic ring is 1. The summed E-state index contributed by atoms with van der Waals surface area (Å²) in [6, 6.07) is 21.0. The van der Waals surface area contributed by atoms with Crippen LogP contribution in [0.5, 0.6) is 0 Å². The number of nitrogens with two attached hydrogens (primary N) is 1. The number of benzene rings is 2. The number of hydrogen-bond acceptors (Lipinski definition) is 4. The Labute approximate surface area is 148 Å². The van der Waals surface area contributed by atoms with Crippen LogP contribution in [0, 0.1) is 0 Å². The van der Waals surface area contributed by atoms with Crippen LogP contribution in [0.1, 0.15) is 41.1 Å². The lowest BCUT2D eigenvalue weighted by atomic mass is 9.85. The lowest BCUT2D eigenvalue weighted by Crippen LogP contribution is -2.14. The lowest BCUT2D eigenvalue weighted by molar-refractivity contribution is 0.770. The molecule has 0 atom stereocenters. The number of fused-ring (bicyclic) bond motifs is 1. The van der Waals surface area contributed by atoms with E-state index in [0.29, 0.717) is 5.95 Å². The Balaban J connectivity index is 1.93. The third-order valence-electron chi connectivity index (χ3n) is 4.74. The van der Waals surface area contributed by atoms with Gasteiger partial charge in [0.1, 0.15) is 5.82 Å². The molecule has 0 spiro atoms. The van der Waals surface area contributed by atoms with Crippen LogP contribution < -0.4 is 11.1 Å². The number of nitrogens with one attached hydrogen (secondary N) is 1. The van der Waals surface area contributed by atoms with Gasteiger partial charge in [0.05, 0.1) is 11.6 Å². The van der Waals surface area contributed by atoms with Gasteiger partial charge >= 0.3 is 0 Å². The second-order valence-electron chi connectivity index (χ2n) is 6.43. The highest BCUT2D eigenvalue weighted by atomic mass is 15.1. The first-order valence-corrected chi connectivity index (χ1v) is 8.83. The predicted molar refractivity (Wildman–Crippen MR) is 102 cm³/mol. The summed E-state index contributed by atoms with van der Waals surface area (Å²) in [6.07, 6.45) is 3.25. The Kier molecular flexibility index (Phi) is 4.34. The summed E-state index contributed by atoms with van der Waals surface area (Å²) in [5.74, 6) is 1.29. The Hall–Kier alpha value is -2.88. The number of nitrogens with zero attached hydrogens (tertiary/aromatic N) is 2. The number of anilines is 2. The third kappa shape index (κ3) is 3.20. The lowest BCUT2D eigenvalue weighted by Gasteiger charge is -2.22. The molecule has 3 aromatic rings. The fourth-order valence-corrected chi connectivity index (χ4v) is 3.58. The molecule has 0 amide bonds. The molecule has 2 heterocycles. The molecule has 4 nitrogen and oxygen atoms in total. The maximum absolute atomic E-state index is 6.07. The Morgan fingerprint density at radius 1 is 0.840 bits per heavy atom. The van der Waals surface area contributed by atoms with E-state index in [0.717, 1.165) is 37.3 Å². The zero-order valence-corrected chi connectivity index (χ0v) is 14.2. The summed E-state index contributed by atoms with van der Waals surface area (Å²) in [5, 5.41) is 3.43. The fourth-order valence-electron chi connectivity index (χ4n) is 3.58. The summed E-state index contributed by atoms with van der Waals surface area (Å²) in [7, 11) is 0. The first kappa shape index (κ1) is 15.6. The van der Waals surface area contributed by atoms with Crippen molar-refractivity contribution in [1.29, 1.82) is 0 Å². The van der Waals surface area contributed by atoms with Gasteiger partial charge in [-0.2, -0.15) is 4.98 Å². The molecule has 1 aromatic heterocycles. The quantitative estimate of drug-likeness (QED) is 0.762. The van der Waals surface area contributed by atoms with Gasteiger partial charge < -0.3 is 11.1 Å². The summed E-state index contributed by atoms with van der Waals surface area (Å²) < 4.78 is 0. The Morgan fingerprint density at radius 2 is 1.48 bits per heavy atom. The van der Waals surface area contributed by atoms with Crippen LogP contribution in [0.4, 0.5) is 11.8 Å². The minimum Gasteiger partial charge on any atom is -0.370 e. The zero-order chi connectivity index (χ0) is 17.1. The normalized spacial score (nSPS) is 13.8. The minimum atomic E-state index is 0.0568. The molecular weight excluding hydrogens is 308 g/mol. The Morgan fingerprint density at radius 3 is 2.12 bits per heavy atom. The van der Waals surface area contributed by atoms with Crippen LogP contribution in [0.3, 0.4) is 0 Å². The topological polar surface area (TPSA) is 63.8 Å². The Bertz CT molecular complexity index is 807. The molecule has 0 saturated heterocycles. The summed E-state index contributed by atoms with van der Waals surface area (Å²) >= 11 is 0. The van der Waals surface area contributed by atoms with Gasteiger partial charge in [-0.3, -0.25) is 0 Å². The van der Waals surface area contributed by atoms with Gasteiger partial charge in [-0.25, -0.2) is 4.98 Å². The van der Waals surface area contributed by atoms with Crippen LogP contribution in [0.2, 0.25) is 0 Å². The smallest absolute Gasteiger partial charge is 0.222 e. The first-order chi connectivity index (χ1) is 12.3. The van der Waals surface area contributed by atoms with E-state index in [-0.39, 0.29) is 5.92 Å². The molecule has 4 heteroatoms. The van der Waals surface area contributed by atoms with E-state index >= 15 is 0 Å². The molecule has 0 fully saturated rings. The van der Waals surface area contributed by atoms with Crippen LogP contribution in [0.15, 0.2) is 60.7 Å². The monoisotopic (exact) mass is 330 g/mol. The van der Waals surface area contributed by atoms with Crippen molar-refractivity contribution in [3.05, 3.63) is 83.0 Å². The molecule has 0 bridgehead atoms. The summed E-state index contributed by atoms with van der Waals surface area (Å²) in [6.45, 7) is 0.935. The summed E-state index contributed by atoms with van der Waals surface area (Å²) in [4.78, 5) is 9.17. The molecule has 126 valence electrons. The van der Waals surface area contributed by atoms with Crippen molar-refractivity contribution >= 4 is 11.8 Å². The van der Waals surface area contributed by atoms with Crippen molar-refractivity contribution < 1.29 is 0 Å². The molecule has 0 radical (unpaired) electrons. The van der Waals surface area contributed by atoms with E-state index in [1.165, 1.54) is 16.7 Å². The van der Waals surface area contributed by atoms with Gasteiger partial charge in [-0.05, 0) is 30.4 Å². The second-order valence-corrected chi connectivity index (χ2v) is 6.43. The van der Waals surface area contributed by atoms with Crippen molar-refractivity contribution in [2.24, 2.45) is 0 Å². The largest absolute Gasteiger partial charge is 0.370 e. The van der Waals surface area contributed by atoms with E-state index in [1.54, 1.807) is 0 Å². The average molecular weight is 330 g/mol. The average Bonchev–Trinajstić information content (AvgIpc) is 2.89. The SMILES string of the molecule is Nc1nc2c(c(C(c3ccccc3)c3ccccc3)n1)CCCCN2. The van der Waals surface area contributed by atoms with Crippen LogP contribution in [-0.4, -0.2) is 16.5 Å². The van der Waals surface area contributed by atoms with Crippen LogP contribution in [0.25, 0.3) is 0 Å². The highest BCUT2D eigenvalue weighted by Crippen LogP contribution is 2.36. The van der Waals surface area contributed by atoms with E-state index in [4.69, 9.17) is 10.7 Å². The van der Waals surface area contributed by atoms with Crippen molar-refractivity contribution in [3.63, 3.8) is 0 Å². The fraction of sp³-hybridized carbons (Fsp3) is 0.238. The highest BCUT2D eigenvalue weighted by molar-refractivity contribution is 5.55. The van der Waals surface area contributed by atoms with E-state index < -0.39 is 0 Å². The molecule has 2 aromatic carbocycles. The van der Waals surface area contributed by atoms with Gasteiger partial charge in [0.15, 0.2) is 0 Å². The van der Waals surface area contributed by atoms with Gasteiger partial charge in [0.25, 0.3) is 0 Å². The second kappa shape index (κ2) is 6.93. The standard InChI is InChI=1S/C21H22N4/c22-21-24-19(17-13-7-8-14-23-20(17)25-21)18(15-9-3-1-4-10-15)16-11-5-2-6-12-16/h1-6,9-12,18H,7-8,13-14H2,(H3,22,23,24,25). The maximum atomic E-state index is 6.07. The van der Waals surface area contributed by atoms with Gasteiger partial charge in [-0.15, -0.1) is 0 Å². The van der Waals surface area contributed by atoms with Crippen molar-refractivity contribution in [2.45, 2.75) is 25.2 Å². The van der Waals surface area contributed by atoms with Crippen molar-refractivity contribution in [1.82, 2.24) is 9.97 Å². The highest BCUT2D eigenvalue weighted by Gasteiger charge is 2.25. The van der Waals surface area contributed by atoms with Gasteiger partial charge in [-0.1, -0.05) is 60.7 Å². The molecule has 0 saturated carbocycles. The van der Waals surface area contributed by atoms with E-state index in [1.807, 2.05) is 12.1 Å². The minimum absolute atomic E-state index is 0.0568. The number of rotatable bonds is 3.